The zero-order valence-electron chi connectivity index (χ0n) is 38.7. The Morgan fingerprint density at radius 1 is 0.517 bits per heavy atom. The zero-order chi connectivity index (χ0) is 44.1. The molecule has 0 radical (unpaired) electrons. The summed E-state index contributed by atoms with van der Waals surface area (Å²) >= 11 is 0. The van der Waals surface area contributed by atoms with Crippen LogP contribution in [0.4, 0.5) is 0 Å². The molecule has 0 aliphatic carbocycles. The Hall–Kier alpha value is -0.890. The predicted molar refractivity (Wildman–Crippen MR) is 243 cm³/mol. The maximum atomic E-state index is 13.1. The number of amides is 1. The maximum absolute atomic E-state index is 13.1. The minimum absolute atomic E-state index is 0.267. The van der Waals surface area contributed by atoms with E-state index in [4.69, 9.17) is 9.47 Å². The summed E-state index contributed by atoms with van der Waals surface area (Å²) in [6, 6.07) is -1.16. The third-order valence-corrected chi connectivity index (χ3v) is 12.7. The fourth-order valence-corrected chi connectivity index (χ4v) is 8.44. The summed E-state index contributed by atoms with van der Waals surface area (Å²) in [7, 11) is 0. The summed E-state index contributed by atoms with van der Waals surface area (Å²) in [6.45, 7) is 3.45. The standard InChI is InChI=1S/C49H97NO10/c1-3-5-7-9-11-13-15-16-17-18-19-20-21-22-23-24-25-27-29-31-33-35-37-42(53)48(58)50-40(39-59-49-47(57)46(56)45(55)43(38-51)60-49)44(54)41(52)36-34-32-30-28-26-14-12-10-8-6-4-2/h40-47,49,51-57H,3-39H2,1-2H3,(H,50,58). The van der Waals surface area contributed by atoms with E-state index < -0.39 is 74.2 Å². The molecule has 11 nitrogen and oxygen atoms in total. The average molecular weight is 860 g/mol. The number of aliphatic hydroxyl groups excluding tert-OH is 7. The van der Waals surface area contributed by atoms with Gasteiger partial charge < -0.3 is 50.5 Å². The highest BCUT2D eigenvalue weighted by Gasteiger charge is 2.44. The van der Waals surface area contributed by atoms with Crippen molar-refractivity contribution < 1.29 is 50.0 Å². The highest BCUT2D eigenvalue weighted by molar-refractivity contribution is 5.80. The molecule has 0 aromatic carbocycles. The lowest BCUT2D eigenvalue weighted by atomic mass is 9.98. The maximum Gasteiger partial charge on any atom is 0.249 e. The Bertz CT molecular complexity index is 944. The molecule has 1 rings (SSSR count). The van der Waals surface area contributed by atoms with Gasteiger partial charge in [0.25, 0.3) is 0 Å². The van der Waals surface area contributed by atoms with E-state index in [0.717, 1.165) is 38.5 Å². The van der Waals surface area contributed by atoms with E-state index in [1.807, 2.05) is 0 Å². The van der Waals surface area contributed by atoms with Gasteiger partial charge in [-0.25, -0.2) is 0 Å². The lowest BCUT2D eigenvalue weighted by molar-refractivity contribution is -0.303. The summed E-state index contributed by atoms with van der Waals surface area (Å²) < 4.78 is 11.1. The van der Waals surface area contributed by atoms with Gasteiger partial charge in [0, 0.05) is 0 Å². The molecule has 1 saturated heterocycles. The van der Waals surface area contributed by atoms with Crippen LogP contribution in [0, 0.1) is 0 Å². The van der Waals surface area contributed by atoms with E-state index in [1.54, 1.807) is 0 Å². The number of unbranched alkanes of at least 4 members (excludes halogenated alkanes) is 31. The van der Waals surface area contributed by atoms with Crippen LogP contribution < -0.4 is 5.32 Å². The molecule has 0 saturated carbocycles. The Labute approximate surface area is 367 Å². The largest absolute Gasteiger partial charge is 0.394 e. The number of carbonyl (C=O) groups is 1. The van der Waals surface area contributed by atoms with E-state index in [9.17, 15) is 40.5 Å². The van der Waals surface area contributed by atoms with Gasteiger partial charge in [0.1, 0.15) is 36.6 Å². The van der Waals surface area contributed by atoms with Crippen LogP contribution in [-0.2, 0) is 14.3 Å². The van der Waals surface area contributed by atoms with Gasteiger partial charge in [0.05, 0.1) is 25.4 Å². The summed E-state index contributed by atoms with van der Waals surface area (Å²) in [5, 5.41) is 75.7. The van der Waals surface area contributed by atoms with Gasteiger partial charge >= 0.3 is 0 Å². The van der Waals surface area contributed by atoms with Gasteiger partial charge in [0.2, 0.25) is 5.91 Å². The third kappa shape index (κ3) is 28.7. The predicted octanol–water partition coefficient (Wildman–Crippen LogP) is 9.06. The number of ether oxygens (including phenoxy) is 2. The zero-order valence-corrected chi connectivity index (χ0v) is 38.7. The van der Waals surface area contributed by atoms with Crippen molar-refractivity contribution in [1.82, 2.24) is 5.32 Å². The quantitative estimate of drug-likeness (QED) is 0.0275. The SMILES string of the molecule is CCCCCCCCCCCCCCCCCCCCCCCCC(O)C(=O)NC(COC1OC(CO)C(O)C(O)C1O)C(O)C(O)CCCCCCCCCCCCC. The van der Waals surface area contributed by atoms with Gasteiger partial charge in [-0.15, -0.1) is 0 Å². The van der Waals surface area contributed by atoms with Crippen LogP contribution in [0.5, 0.6) is 0 Å². The van der Waals surface area contributed by atoms with Crippen molar-refractivity contribution in [2.45, 2.75) is 294 Å². The van der Waals surface area contributed by atoms with E-state index in [0.29, 0.717) is 19.3 Å². The first-order valence-electron chi connectivity index (χ1n) is 25.4. The first-order chi connectivity index (χ1) is 29.2. The topological polar surface area (TPSA) is 189 Å². The molecule has 9 atom stereocenters. The third-order valence-electron chi connectivity index (χ3n) is 12.7. The first kappa shape index (κ1) is 57.1. The van der Waals surface area contributed by atoms with Crippen LogP contribution in [-0.4, -0.2) is 110 Å². The molecule has 60 heavy (non-hydrogen) atoms. The number of carbonyl (C=O) groups excluding carboxylic acids is 1. The van der Waals surface area contributed by atoms with Crippen molar-refractivity contribution in [2.24, 2.45) is 0 Å². The molecular formula is C49H97NO10. The van der Waals surface area contributed by atoms with Crippen LogP contribution >= 0.6 is 0 Å². The van der Waals surface area contributed by atoms with Crippen molar-refractivity contribution in [3.05, 3.63) is 0 Å². The lowest BCUT2D eigenvalue weighted by Gasteiger charge is -2.40. The fourth-order valence-electron chi connectivity index (χ4n) is 8.44. The Morgan fingerprint density at radius 2 is 0.867 bits per heavy atom. The Balaban J connectivity index is 2.32. The van der Waals surface area contributed by atoms with Crippen LogP contribution in [0.25, 0.3) is 0 Å². The van der Waals surface area contributed by atoms with Crippen LogP contribution in [0.3, 0.4) is 0 Å². The lowest BCUT2D eigenvalue weighted by Crippen LogP contribution is -2.60. The molecule has 1 fully saturated rings. The van der Waals surface area contributed by atoms with Crippen molar-refractivity contribution in [1.29, 1.82) is 0 Å². The van der Waals surface area contributed by atoms with Crippen LogP contribution in [0.2, 0.25) is 0 Å². The van der Waals surface area contributed by atoms with Crippen molar-refractivity contribution in [2.75, 3.05) is 13.2 Å². The average Bonchev–Trinajstić information content (AvgIpc) is 3.25. The van der Waals surface area contributed by atoms with Gasteiger partial charge in [-0.2, -0.15) is 0 Å². The van der Waals surface area contributed by atoms with Gasteiger partial charge in [0.15, 0.2) is 6.29 Å². The van der Waals surface area contributed by atoms with E-state index in [1.165, 1.54) is 161 Å². The van der Waals surface area contributed by atoms with Gasteiger partial charge in [-0.05, 0) is 12.8 Å². The molecule has 1 aliphatic heterocycles. The molecule has 0 aromatic heterocycles. The summed E-state index contributed by atoms with van der Waals surface area (Å²) in [5.41, 5.74) is 0. The molecular weight excluding hydrogens is 763 g/mol. The number of nitrogens with one attached hydrogen (secondary N) is 1. The van der Waals surface area contributed by atoms with Gasteiger partial charge in [-0.3, -0.25) is 4.79 Å². The summed E-state index contributed by atoms with van der Waals surface area (Å²) in [4.78, 5) is 13.1. The van der Waals surface area contributed by atoms with Gasteiger partial charge in [-0.1, -0.05) is 226 Å². The molecule has 11 heteroatoms. The molecule has 1 heterocycles. The Morgan fingerprint density at radius 3 is 1.23 bits per heavy atom. The minimum atomic E-state index is -1.66. The van der Waals surface area contributed by atoms with Crippen LogP contribution in [0.1, 0.15) is 239 Å². The van der Waals surface area contributed by atoms with E-state index in [2.05, 4.69) is 19.2 Å². The van der Waals surface area contributed by atoms with Crippen molar-refractivity contribution in [3.8, 4) is 0 Å². The highest BCUT2D eigenvalue weighted by atomic mass is 16.7. The monoisotopic (exact) mass is 860 g/mol. The second-order valence-electron chi connectivity index (χ2n) is 18.3. The second-order valence-corrected chi connectivity index (χ2v) is 18.3. The van der Waals surface area contributed by atoms with E-state index in [-0.39, 0.29) is 6.42 Å². The molecule has 0 spiro atoms. The van der Waals surface area contributed by atoms with Crippen molar-refractivity contribution >= 4 is 5.91 Å². The number of hydrogen-bond acceptors (Lipinski definition) is 10. The number of aliphatic hydroxyl groups is 7. The normalized spacial score (nSPS) is 21.5. The smallest absolute Gasteiger partial charge is 0.249 e. The summed E-state index contributed by atoms with van der Waals surface area (Å²) in [5.74, 6) is -0.693. The number of hydrogen-bond donors (Lipinski definition) is 8. The summed E-state index contributed by atoms with van der Waals surface area (Å²) in [6.07, 6.45) is 30.2. The molecule has 0 aromatic rings. The molecule has 0 bridgehead atoms. The molecule has 358 valence electrons. The highest BCUT2D eigenvalue weighted by Crippen LogP contribution is 2.23. The first-order valence-corrected chi connectivity index (χ1v) is 25.4. The molecule has 1 aliphatic rings. The minimum Gasteiger partial charge on any atom is -0.394 e. The second kappa shape index (κ2) is 39.7. The number of rotatable bonds is 43. The van der Waals surface area contributed by atoms with Crippen molar-refractivity contribution in [3.63, 3.8) is 0 Å². The fraction of sp³-hybridized carbons (Fsp3) is 0.980. The van der Waals surface area contributed by atoms with E-state index >= 15 is 0 Å². The molecule has 1 amide bonds. The van der Waals surface area contributed by atoms with Crippen LogP contribution in [0.15, 0.2) is 0 Å². The molecule has 9 unspecified atom stereocenters. The molecule has 8 N–H and O–H groups in total. The Kier molecular flexibility index (Phi) is 37.8.